The van der Waals surface area contributed by atoms with Crippen LogP contribution in [0.25, 0.3) is 0 Å². The van der Waals surface area contributed by atoms with Crippen molar-refractivity contribution in [2.45, 2.75) is 49.9 Å². The number of hydrogen-bond acceptors (Lipinski definition) is 5. The van der Waals surface area contributed by atoms with Gasteiger partial charge in [-0.1, -0.05) is 0 Å². The first-order chi connectivity index (χ1) is 10.0. The van der Waals surface area contributed by atoms with Crippen LogP contribution in [0.1, 0.15) is 30.5 Å². The highest BCUT2D eigenvalue weighted by Crippen LogP contribution is 2.39. The van der Waals surface area contributed by atoms with E-state index in [1.54, 1.807) is 7.05 Å². The lowest BCUT2D eigenvalue weighted by atomic mass is 10.1. The van der Waals surface area contributed by atoms with E-state index in [4.69, 9.17) is 4.74 Å². The predicted octanol–water partition coefficient (Wildman–Crippen LogP) is 0.283. The van der Waals surface area contributed by atoms with Crippen molar-refractivity contribution in [3.05, 3.63) is 11.3 Å². The summed E-state index contributed by atoms with van der Waals surface area (Å²) in [6.45, 7) is 2.91. The number of ether oxygens (including phenoxy) is 1. The van der Waals surface area contributed by atoms with Gasteiger partial charge in [0.05, 0.1) is 12.1 Å². The number of rotatable bonds is 6. The van der Waals surface area contributed by atoms with Gasteiger partial charge in [0.1, 0.15) is 0 Å². The van der Waals surface area contributed by atoms with Gasteiger partial charge in [0.2, 0.25) is 0 Å². The average molecular weight is 314 g/mol. The van der Waals surface area contributed by atoms with Crippen molar-refractivity contribution in [3.63, 3.8) is 0 Å². The summed E-state index contributed by atoms with van der Waals surface area (Å²) in [6, 6.07) is -0.137. The van der Waals surface area contributed by atoms with E-state index in [1.165, 1.54) is 0 Å². The van der Waals surface area contributed by atoms with Crippen LogP contribution >= 0.6 is 0 Å². The fourth-order valence-electron chi connectivity index (χ4n) is 2.92. The fraction of sp³-hybridized carbons (Fsp3) is 0.769. The lowest BCUT2D eigenvalue weighted by Gasteiger charge is -2.19. The molecule has 0 bridgehead atoms. The van der Waals surface area contributed by atoms with Crippen molar-refractivity contribution in [1.82, 2.24) is 20.2 Å². The summed E-state index contributed by atoms with van der Waals surface area (Å²) >= 11 is 0. The first-order valence-electron chi connectivity index (χ1n) is 7.35. The quantitative estimate of drug-likeness (QED) is 0.701. The summed E-state index contributed by atoms with van der Waals surface area (Å²) in [7, 11) is -1.84. The molecule has 2 heterocycles. The Balaban J connectivity index is 1.80. The molecule has 3 N–H and O–H groups in total. The number of hydrogen-bond donors (Lipinski definition) is 3. The monoisotopic (exact) mass is 314 g/mol. The molecule has 2 unspecified atom stereocenters. The van der Waals surface area contributed by atoms with Crippen LogP contribution in [-0.2, 0) is 21.3 Å². The molecule has 0 spiro atoms. The van der Waals surface area contributed by atoms with Crippen molar-refractivity contribution in [1.29, 1.82) is 0 Å². The molecule has 118 valence electrons. The summed E-state index contributed by atoms with van der Waals surface area (Å²) in [5.74, 6) is 0.512. The summed E-state index contributed by atoms with van der Waals surface area (Å²) < 4.78 is 33.7. The van der Waals surface area contributed by atoms with Gasteiger partial charge in [-0.15, -0.1) is 0 Å². The second kappa shape index (κ2) is 5.68. The van der Waals surface area contributed by atoms with Gasteiger partial charge < -0.3 is 10.1 Å². The SMILES string of the molecule is CNCc1c(S(=O)(=O)NC2CCOC2C2CC2)n[nH]c1C. The van der Waals surface area contributed by atoms with Crippen molar-refractivity contribution in [2.24, 2.45) is 5.92 Å². The molecule has 1 aromatic rings. The Morgan fingerprint density at radius 3 is 2.81 bits per heavy atom. The van der Waals surface area contributed by atoms with Gasteiger partial charge in [-0.3, -0.25) is 5.10 Å². The topological polar surface area (TPSA) is 96.1 Å². The average Bonchev–Trinajstić information content (AvgIpc) is 3.06. The van der Waals surface area contributed by atoms with Crippen LogP contribution in [0.5, 0.6) is 0 Å². The number of aromatic nitrogens is 2. The molecule has 0 aromatic carbocycles. The van der Waals surface area contributed by atoms with Crippen LogP contribution in [0.2, 0.25) is 0 Å². The van der Waals surface area contributed by atoms with Crippen molar-refractivity contribution in [3.8, 4) is 0 Å². The molecule has 21 heavy (non-hydrogen) atoms. The molecule has 1 aliphatic heterocycles. The Labute approximate surface area is 124 Å². The normalized spacial score (nSPS) is 26.4. The van der Waals surface area contributed by atoms with Gasteiger partial charge in [0, 0.05) is 24.4 Å². The molecular formula is C13H22N4O3S. The maximum atomic E-state index is 12.6. The number of nitrogens with one attached hydrogen (secondary N) is 3. The summed E-state index contributed by atoms with van der Waals surface area (Å²) in [5.41, 5.74) is 1.46. The molecule has 1 aliphatic carbocycles. The maximum Gasteiger partial charge on any atom is 0.260 e. The standard InChI is InChI=1S/C13H22N4O3S/c1-8-10(7-14-2)13(16-15-8)21(18,19)17-11-5-6-20-12(11)9-3-4-9/h9,11-12,14,17H,3-7H2,1-2H3,(H,15,16). The van der Waals surface area contributed by atoms with E-state index in [0.29, 0.717) is 24.6 Å². The highest BCUT2D eigenvalue weighted by atomic mass is 32.2. The Morgan fingerprint density at radius 2 is 2.14 bits per heavy atom. The van der Waals surface area contributed by atoms with Crippen LogP contribution in [-0.4, -0.2) is 44.4 Å². The minimum absolute atomic E-state index is 0.0209. The molecule has 2 fully saturated rings. The highest BCUT2D eigenvalue weighted by Gasteiger charge is 2.42. The van der Waals surface area contributed by atoms with E-state index in [1.807, 2.05) is 6.92 Å². The van der Waals surface area contributed by atoms with Crippen molar-refractivity contribution in [2.75, 3.05) is 13.7 Å². The lowest BCUT2D eigenvalue weighted by molar-refractivity contribution is 0.0848. The molecule has 3 rings (SSSR count). The highest BCUT2D eigenvalue weighted by molar-refractivity contribution is 7.89. The second-order valence-electron chi connectivity index (χ2n) is 5.85. The molecule has 1 saturated carbocycles. The third kappa shape index (κ3) is 2.98. The minimum atomic E-state index is -3.63. The van der Waals surface area contributed by atoms with Crippen LogP contribution in [0, 0.1) is 12.8 Å². The van der Waals surface area contributed by atoms with Gasteiger partial charge >= 0.3 is 0 Å². The van der Waals surface area contributed by atoms with Crippen LogP contribution in [0.4, 0.5) is 0 Å². The van der Waals surface area contributed by atoms with Gasteiger partial charge in [-0.2, -0.15) is 5.10 Å². The molecule has 1 saturated heterocycles. The minimum Gasteiger partial charge on any atom is -0.376 e. The smallest absolute Gasteiger partial charge is 0.260 e. The maximum absolute atomic E-state index is 12.6. The molecular weight excluding hydrogens is 292 g/mol. The van der Waals surface area contributed by atoms with E-state index in [9.17, 15) is 8.42 Å². The van der Waals surface area contributed by atoms with Gasteiger partial charge in [-0.25, -0.2) is 13.1 Å². The number of aromatic amines is 1. The van der Waals surface area contributed by atoms with Gasteiger partial charge in [-0.05, 0) is 39.2 Å². The summed E-state index contributed by atoms with van der Waals surface area (Å²) in [4.78, 5) is 0. The number of nitrogens with zero attached hydrogens (tertiary/aromatic N) is 1. The van der Waals surface area contributed by atoms with Crippen LogP contribution < -0.4 is 10.0 Å². The van der Waals surface area contributed by atoms with E-state index in [-0.39, 0.29) is 17.2 Å². The Hall–Kier alpha value is -0.960. The Morgan fingerprint density at radius 1 is 1.38 bits per heavy atom. The Kier molecular flexibility index (Phi) is 4.04. The molecule has 0 amide bonds. The predicted molar refractivity (Wildman–Crippen MR) is 77.3 cm³/mol. The second-order valence-corrected chi connectivity index (χ2v) is 7.48. The van der Waals surface area contributed by atoms with E-state index in [2.05, 4.69) is 20.2 Å². The number of sulfonamides is 1. The zero-order valence-electron chi connectivity index (χ0n) is 12.3. The number of aryl methyl sites for hydroxylation is 1. The summed E-state index contributed by atoms with van der Waals surface area (Å²) in [6.07, 6.45) is 3.02. The molecule has 7 nitrogen and oxygen atoms in total. The summed E-state index contributed by atoms with van der Waals surface area (Å²) in [5, 5.41) is 9.81. The van der Waals surface area contributed by atoms with Gasteiger partial charge in [0.25, 0.3) is 10.0 Å². The molecule has 2 atom stereocenters. The molecule has 8 heteroatoms. The van der Waals surface area contributed by atoms with Crippen molar-refractivity contribution >= 4 is 10.0 Å². The van der Waals surface area contributed by atoms with Gasteiger partial charge in [0.15, 0.2) is 5.03 Å². The van der Waals surface area contributed by atoms with E-state index < -0.39 is 10.0 Å². The first-order valence-corrected chi connectivity index (χ1v) is 8.83. The van der Waals surface area contributed by atoms with Crippen molar-refractivity contribution < 1.29 is 13.2 Å². The fourth-order valence-corrected chi connectivity index (χ4v) is 4.40. The van der Waals surface area contributed by atoms with Crippen LogP contribution in [0.15, 0.2) is 5.03 Å². The lowest BCUT2D eigenvalue weighted by Crippen LogP contribution is -2.41. The third-order valence-corrected chi connectivity index (χ3v) is 5.63. The number of H-pyrrole nitrogens is 1. The molecule has 2 aliphatic rings. The molecule has 0 radical (unpaired) electrons. The largest absolute Gasteiger partial charge is 0.376 e. The van der Waals surface area contributed by atoms with E-state index in [0.717, 1.165) is 25.0 Å². The molecule has 1 aromatic heterocycles. The zero-order chi connectivity index (χ0) is 15.0. The Bertz CT molecular complexity index is 609. The zero-order valence-corrected chi connectivity index (χ0v) is 13.2. The van der Waals surface area contributed by atoms with Crippen LogP contribution in [0.3, 0.4) is 0 Å². The third-order valence-electron chi connectivity index (χ3n) is 4.17. The first kappa shape index (κ1) is 15.0. The van der Waals surface area contributed by atoms with E-state index >= 15 is 0 Å².